The number of rotatable bonds is 8. The molecule has 4 rings (SSSR count). The van der Waals surface area contributed by atoms with Gasteiger partial charge in [-0.05, 0) is 73.2 Å². The summed E-state index contributed by atoms with van der Waals surface area (Å²) in [5, 5.41) is 2.87. The number of anilines is 2. The van der Waals surface area contributed by atoms with Crippen molar-refractivity contribution in [1.82, 2.24) is 0 Å². The number of ether oxygens (including phenoxy) is 1. The largest absolute Gasteiger partial charge is 0.457 e. The third-order valence-corrected chi connectivity index (χ3v) is 7.26. The Morgan fingerprint density at radius 3 is 2.03 bits per heavy atom. The molecule has 0 aliphatic rings. The normalized spacial score (nSPS) is 11.0. The summed E-state index contributed by atoms with van der Waals surface area (Å²) < 4.78 is 32.8. The molecule has 0 heterocycles. The van der Waals surface area contributed by atoms with Crippen LogP contribution in [0.15, 0.2) is 108 Å². The zero-order valence-electron chi connectivity index (χ0n) is 19.5. The van der Waals surface area contributed by atoms with E-state index in [1.165, 1.54) is 11.4 Å². The second-order valence-corrected chi connectivity index (χ2v) is 10.1. The number of nitrogens with zero attached hydrogens (tertiary/aromatic N) is 1. The SMILES string of the molecule is Cc1ccc(S(=O)(=O)N(C)c2ccc(CC(=O)Nc3ccc(Oc4ccccc4)cc3)cc2)cc1. The van der Waals surface area contributed by atoms with Crippen molar-refractivity contribution in [1.29, 1.82) is 0 Å². The third-order valence-electron chi connectivity index (χ3n) is 5.46. The first-order valence-electron chi connectivity index (χ1n) is 11.1. The Morgan fingerprint density at radius 2 is 1.40 bits per heavy atom. The second-order valence-electron chi connectivity index (χ2n) is 8.12. The van der Waals surface area contributed by atoms with E-state index in [0.717, 1.165) is 16.9 Å². The van der Waals surface area contributed by atoms with Crippen LogP contribution in [-0.2, 0) is 21.2 Å². The lowest BCUT2D eigenvalue weighted by Gasteiger charge is -2.20. The quantitative estimate of drug-likeness (QED) is 0.342. The number of amides is 1. The fraction of sp³-hybridized carbons (Fsp3) is 0.107. The van der Waals surface area contributed by atoms with Gasteiger partial charge >= 0.3 is 0 Å². The van der Waals surface area contributed by atoms with Crippen molar-refractivity contribution in [3.05, 3.63) is 114 Å². The molecule has 0 fully saturated rings. The van der Waals surface area contributed by atoms with E-state index in [9.17, 15) is 13.2 Å². The highest BCUT2D eigenvalue weighted by Crippen LogP contribution is 2.24. The number of aryl methyl sites for hydroxylation is 1. The number of carbonyl (C=O) groups is 1. The molecule has 0 saturated carbocycles. The van der Waals surface area contributed by atoms with Crippen molar-refractivity contribution in [2.75, 3.05) is 16.7 Å². The Morgan fingerprint density at radius 1 is 0.800 bits per heavy atom. The molecule has 0 radical (unpaired) electrons. The average Bonchev–Trinajstić information content (AvgIpc) is 2.86. The number of sulfonamides is 1. The van der Waals surface area contributed by atoms with Crippen LogP contribution in [-0.4, -0.2) is 21.4 Å². The van der Waals surface area contributed by atoms with Gasteiger partial charge < -0.3 is 10.1 Å². The van der Waals surface area contributed by atoms with Crippen LogP contribution in [0.5, 0.6) is 11.5 Å². The predicted octanol–water partition coefficient (Wildman–Crippen LogP) is 5.79. The summed E-state index contributed by atoms with van der Waals surface area (Å²) in [4.78, 5) is 12.7. The van der Waals surface area contributed by atoms with Gasteiger partial charge in [0.05, 0.1) is 17.0 Å². The topological polar surface area (TPSA) is 75.7 Å². The molecule has 4 aromatic rings. The van der Waals surface area contributed by atoms with E-state index in [4.69, 9.17) is 4.74 Å². The van der Waals surface area contributed by atoms with Gasteiger partial charge in [-0.1, -0.05) is 48.0 Å². The molecule has 7 heteroatoms. The minimum absolute atomic E-state index is 0.164. The summed E-state index contributed by atoms with van der Waals surface area (Å²) in [7, 11) is -2.15. The van der Waals surface area contributed by atoms with Crippen LogP contribution in [0, 0.1) is 6.92 Å². The van der Waals surface area contributed by atoms with Gasteiger partial charge in [-0.2, -0.15) is 0 Å². The molecule has 0 atom stereocenters. The molecule has 35 heavy (non-hydrogen) atoms. The van der Waals surface area contributed by atoms with Gasteiger partial charge in [0.1, 0.15) is 11.5 Å². The van der Waals surface area contributed by atoms with E-state index in [0.29, 0.717) is 17.1 Å². The summed E-state index contributed by atoms with van der Waals surface area (Å²) in [6, 6.07) is 30.3. The van der Waals surface area contributed by atoms with Gasteiger partial charge in [0, 0.05) is 12.7 Å². The molecule has 1 amide bonds. The zero-order valence-corrected chi connectivity index (χ0v) is 20.3. The van der Waals surface area contributed by atoms with Gasteiger partial charge in [-0.15, -0.1) is 0 Å². The highest BCUT2D eigenvalue weighted by Gasteiger charge is 2.21. The lowest BCUT2D eigenvalue weighted by molar-refractivity contribution is -0.115. The first-order valence-corrected chi connectivity index (χ1v) is 12.5. The van der Waals surface area contributed by atoms with E-state index in [1.54, 1.807) is 72.8 Å². The summed E-state index contributed by atoms with van der Waals surface area (Å²) in [5.41, 5.74) is 2.95. The molecular formula is C28H26N2O4S. The lowest BCUT2D eigenvalue weighted by Crippen LogP contribution is -2.26. The van der Waals surface area contributed by atoms with Crippen LogP contribution in [0.25, 0.3) is 0 Å². The highest BCUT2D eigenvalue weighted by molar-refractivity contribution is 7.92. The lowest BCUT2D eigenvalue weighted by atomic mass is 10.1. The van der Waals surface area contributed by atoms with Crippen molar-refractivity contribution >= 4 is 27.3 Å². The molecular weight excluding hydrogens is 460 g/mol. The molecule has 4 aromatic carbocycles. The maximum Gasteiger partial charge on any atom is 0.264 e. The van der Waals surface area contributed by atoms with Crippen LogP contribution >= 0.6 is 0 Å². The monoisotopic (exact) mass is 486 g/mol. The van der Waals surface area contributed by atoms with E-state index in [1.807, 2.05) is 37.3 Å². The molecule has 0 unspecified atom stereocenters. The fourth-order valence-corrected chi connectivity index (χ4v) is 4.65. The number of benzene rings is 4. The Bertz CT molecular complexity index is 1380. The van der Waals surface area contributed by atoms with Crippen molar-refractivity contribution < 1.29 is 17.9 Å². The van der Waals surface area contributed by atoms with E-state index in [-0.39, 0.29) is 17.2 Å². The Labute approximate surface area is 205 Å². The van der Waals surface area contributed by atoms with E-state index >= 15 is 0 Å². The molecule has 1 N–H and O–H groups in total. The van der Waals surface area contributed by atoms with Crippen LogP contribution < -0.4 is 14.4 Å². The first-order chi connectivity index (χ1) is 16.8. The fourth-order valence-electron chi connectivity index (χ4n) is 3.45. The smallest absolute Gasteiger partial charge is 0.264 e. The van der Waals surface area contributed by atoms with Crippen molar-refractivity contribution in [2.24, 2.45) is 0 Å². The predicted molar refractivity (Wildman–Crippen MR) is 139 cm³/mol. The minimum atomic E-state index is -3.67. The van der Waals surface area contributed by atoms with Crippen LogP contribution in [0.4, 0.5) is 11.4 Å². The van der Waals surface area contributed by atoms with Gasteiger partial charge in [-0.25, -0.2) is 8.42 Å². The van der Waals surface area contributed by atoms with Gasteiger partial charge in [0.15, 0.2) is 0 Å². The molecule has 0 bridgehead atoms. The van der Waals surface area contributed by atoms with Crippen LogP contribution in [0.1, 0.15) is 11.1 Å². The summed E-state index contributed by atoms with van der Waals surface area (Å²) >= 11 is 0. The Kier molecular flexibility index (Phi) is 7.17. The third kappa shape index (κ3) is 6.07. The molecule has 0 aliphatic heterocycles. The molecule has 0 spiro atoms. The standard InChI is InChI=1S/C28H26N2O4S/c1-21-8-18-27(19-9-21)35(32,33)30(2)24-14-10-22(11-15-24)20-28(31)29-23-12-16-26(17-13-23)34-25-6-4-3-5-7-25/h3-19H,20H2,1-2H3,(H,29,31). The number of nitrogens with one attached hydrogen (secondary N) is 1. The van der Waals surface area contributed by atoms with E-state index < -0.39 is 10.0 Å². The number of hydrogen-bond donors (Lipinski definition) is 1. The Hall–Kier alpha value is -4.10. The van der Waals surface area contributed by atoms with E-state index in [2.05, 4.69) is 5.32 Å². The molecule has 178 valence electrons. The van der Waals surface area contributed by atoms with Crippen LogP contribution in [0.3, 0.4) is 0 Å². The average molecular weight is 487 g/mol. The number of carbonyl (C=O) groups excluding carboxylic acids is 1. The highest BCUT2D eigenvalue weighted by atomic mass is 32.2. The second kappa shape index (κ2) is 10.4. The Balaban J connectivity index is 1.35. The maximum atomic E-state index is 12.9. The summed E-state index contributed by atoms with van der Waals surface area (Å²) in [6.45, 7) is 1.91. The van der Waals surface area contributed by atoms with Crippen molar-refractivity contribution in [3.63, 3.8) is 0 Å². The first kappa shape index (κ1) is 24.0. The molecule has 0 aliphatic carbocycles. The number of hydrogen-bond acceptors (Lipinski definition) is 4. The van der Waals surface area contributed by atoms with Gasteiger partial charge in [0.2, 0.25) is 5.91 Å². The van der Waals surface area contributed by atoms with Gasteiger partial charge in [0.25, 0.3) is 10.0 Å². The maximum absolute atomic E-state index is 12.9. The molecule has 0 aromatic heterocycles. The van der Waals surface area contributed by atoms with Gasteiger partial charge in [-0.3, -0.25) is 9.10 Å². The molecule has 6 nitrogen and oxygen atoms in total. The molecule has 0 saturated heterocycles. The van der Waals surface area contributed by atoms with Crippen molar-refractivity contribution in [2.45, 2.75) is 18.2 Å². The summed E-state index contributed by atoms with van der Waals surface area (Å²) in [6.07, 6.45) is 0.164. The number of para-hydroxylation sites is 1. The van der Waals surface area contributed by atoms with Crippen LogP contribution in [0.2, 0.25) is 0 Å². The summed E-state index contributed by atoms with van der Waals surface area (Å²) in [5.74, 6) is 1.25. The minimum Gasteiger partial charge on any atom is -0.457 e. The zero-order chi connectivity index (χ0) is 24.8. The van der Waals surface area contributed by atoms with Crippen molar-refractivity contribution in [3.8, 4) is 11.5 Å².